The van der Waals surface area contributed by atoms with Crippen molar-refractivity contribution in [1.29, 1.82) is 5.26 Å². The molecule has 12 heteroatoms. The molecule has 1 saturated heterocycles. The Balaban J connectivity index is 2.37. The van der Waals surface area contributed by atoms with Gasteiger partial charge in [0.1, 0.15) is 5.60 Å². The normalized spacial score (nSPS) is 22.2. The average molecular weight is 499 g/mol. The lowest BCUT2D eigenvalue weighted by atomic mass is 10.1. The van der Waals surface area contributed by atoms with E-state index in [0.29, 0.717) is 5.56 Å². The van der Waals surface area contributed by atoms with Gasteiger partial charge in [-0.25, -0.2) is 9.46 Å². The van der Waals surface area contributed by atoms with Crippen LogP contribution in [0.2, 0.25) is 0 Å². The number of nitrogens with one attached hydrogen (secondary N) is 1. The predicted molar refractivity (Wildman–Crippen MR) is 128 cm³/mol. The molecule has 1 N–H and O–H groups in total. The molecule has 1 aliphatic heterocycles. The molecule has 2 rings (SSSR count). The maximum Gasteiger partial charge on any atom is 0.330 e. The summed E-state index contributed by atoms with van der Waals surface area (Å²) in [6.07, 6.45) is 0.685. The molecule has 34 heavy (non-hydrogen) atoms. The van der Waals surface area contributed by atoms with E-state index < -0.39 is 31.6 Å². The van der Waals surface area contributed by atoms with Crippen molar-refractivity contribution in [3.8, 4) is 6.07 Å². The first-order chi connectivity index (χ1) is 16.4. The minimum Gasteiger partial charge on any atom is -0.346 e. The summed E-state index contributed by atoms with van der Waals surface area (Å²) in [5.74, 6) is -0.233. The van der Waals surface area contributed by atoms with Gasteiger partial charge in [0.2, 0.25) is 5.91 Å². The Hall–Kier alpha value is -2.09. The molecule has 1 amide bonds. The highest BCUT2D eigenvalue weighted by atomic mass is 31.2. The molecule has 0 aliphatic carbocycles. The smallest absolute Gasteiger partial charge is 0.330 e. The summed E-state index contributed by atoms with van der Waals surface area (Å²) in [6, 6.07) is 2.23. The summed E-state index contributed by atoms with van der Waals surface area (Å²) in [5, 5.41) is 8.92. The van der Waals surface area contributed by atoms with Crippen LogP contribution in [0, 0.1) is 18.3 Å². The second-order valence-electron chi connectivity index (χ2n) is 8.95. The Morgan fingerprint density at radius 3 is 2.65 bits per heavy atom. The number of carbonyl (C=O) groups excluding carboxylic acids is 1. The molecule has 11 nitrogen and oxygen atoms in total. The van der Waals surface area contributed by atoms with Crippen molar-refractivity contribution < 1.29 is 19.9 Å². The molecule has 1 fully saturated rings. The van der Waals surface area contributed by atoms with Crippen molar-refractivity contribution in [2.24, 2.45) is 0 Å². The average Bonchev–Trinajstić information content (AvgIpc) is 2.79. The Morgan fingerprint density at radius 1 is 1.41 bits per heavy atom. The van der Waals surface area contributed by atoms with Crippen LogP contribution in [0.3, 0.4) is 0 Å². The van der Waals surface area contributed by atoms with E-state index in [9.17, 15) is 14.4 Å². The van der Waals surface area contributed by atoms with Gasteiger partial charge in [-0.1, -0.05) is 0 Å². The molecular formula is C22H36N5O6P. The number of H-pyrrole nitrogens is 1. The molecule has 2 heterocycles. The zero-order valence-corrected chi connectivity index (χ0v) is 21.6. The first-order valence-corrected chi connectivity index (χ1v) is 12.3. The number of nitrogens with zero attached hydrogens (tertiary/aromatic N) is 4. The highest BCUT2D eigenvalue weighted by molar-refractivity contribution is 7.44. The fraction of sp³-hybridized carbons (Fsp3) is 0.727. The van der Waals surface area contributed by atoms with Gasteiger partial charge in [0.05, 0.1) is 38.8 Å². The Bertz CT molecular complexity index is 1020. The molecule has 1 aromatic rings. The van der Waals surface area contributed by atoms with Crippen LogP contribution in [0.25, 0.3) is 0 Å². The van der Waals surface area contributed by atoms with Crippen LogP contribution >= 0.6 is 8.53 Å². The van der Waals surface area contributed by atoms with E-state index in [0.717, 1.165) is 0 Å². The zero-order chi connectivity index (χ0) is 26.3. The van der Waals surface area contributed by atoms with Crippen molar-refractivity contribution in [1.82, 2.24) is 19.1 Å². The van der Waals surface area contributed by atoms with Gasteiger partial charge in [0.15, 0.2) is 6.23 Å². The lowest BCUT2D eigenvalue weighted by Gasteiger charge is -2.45. The molecule has 1 aromatic heterocycles. The minimum atomic E-state index is -1.59. The Labute approximate surface area is 203 Å². The fourth-order valence-corrected chi connectivity index (χ4v) is 5.40. The maximum atomic E-state index is 12.5. The molecule has 0 aromatic carbocycles. The van der Waals surface area contributed by atoms with Gasteiger partial charge < -0.3 is 18.7 Å². The van der Waals surface area contributed by atoms with E-state index >= 15 is 0 Å². The number of morpholine rings is 1. The van der Waals surface area contributed by atoms with Gasteiger partial charge in [0.25, 0.3) is 14.1 Å². The number of ether oxygens (including phenoxy) is 1. The van der Waals surface area contributed by atoms with Gasteiger partial charge in [-0.05, 0) is 41.5 Å². The molecule has 0 saturated carbocycles. The number of hydrogen-bond acceptors (Lipinski definition) is 8. The molecule has 1 aliphatic rings. The number of rotatable bonds is 10. The standard InChI is InChI=1S/C22H36N5O6P/c1-15(2)27(16(3)4)34(31-10-8-9-23)32-14-22(7)13-25(18(6)28)12-19(33-22)26-11-17(5)20(29)24-21(26)30/h11,15-16,19H,8,10,12-14H2,1-7H3,(H,24,29,30)/t19-,22-,34?/m1/s1/i7D. The van der Waals surface area contributed by atoms with Crippen LogP contribution < -0.4 is 11.2 Å². The van der Waals surface area contributed by atoms with Gasteiger partial charge in [-0.3, -0.25) is 19.1 Å². The van der Waals surface area contributed by atoms with Crippen molar-refractivity contribution in [3.63, 3.8) is 0 Å². The summed E-state index contributed by atoms with van der Waals surface area (Å²) in [4.78, 5) is 40.5. The van der Waals surface area contributed by atoms with Crippen molar-refractivity contribution in [3.05, 3.63) is 32.6 Å². The second kappa shape index (κ2) is 12.0. The molecule has 0 radical (unpaired) electrons. The topological polar surface area (TPSA) is 130 Å². The van der Waals surface area contributed by atoms with E-state index in [2.05, 4.69) is 15.7 Å². The van der Waals surface area contributed by atoms with Crippen LogP contribution in [0.15, 0.2) is 15.8 Å². The summed E-state index contributed by atoms with van der Waals surface area (Å²) in [6.45, 7) is 11.1. The van der Waals surface area contributed by atoms with Crippen LogP contribution in [0.1, 0.15) is 61.1 Å². The Kier molecular flexibility index (Phi) is 9.39. The summed E-state index contributed by atoms with van der Waals surface area (Å²) in [5.41, 5.74) is -2.08. The monoisotopic (exact) mass is 498 g/mol. The minimum absolute atomic E-state index is 0.0674. The first kappa shape index (κ1) is 26.5. The molecule has 0 spiro atoms. The number of hydrogen-bond donors (Lipinski definition) is 1. The van der Waals surface area contributed by atoms with E-state index in [-0.39, 0.29) is 57.6 Å². The number of aryl methyl sites for hydroxylation is 1. The zero-order valence-electron chi connectivity index (χ0n) is 21.7. The van der Waals surface area contributed by atoms with Crippen LogP contribution in [-0.2, 0) is 18.6 Å². The third-order valence-corrected chi connectivity index (χ3v) is 7.30. The van der Waals surface area contributed by atoms with Crippen molar-refractivity contribution in [2.45, 2.75) is 78.8 Å². The van der Waals surface area contributed by atoms with Gasteiger partial charge in [-0.15, -0.1) is 0 Å². The van der Waals surface area contributed by atoms with E-state index in [1.54, 1.807) is 6.92 Å². The SMILES string of the molecule is [2H]C[C@]1(COP(OCCC#N)N(C(C)C)C(C)C)CN(C(C)=O)C[C@H](n2cc(C)c(=O)[nH]c2=O)O1. The third kappa shape index (κ3) is 7.20. The second-order valence-corrected chi connectivity index (χ2v) is 10.4. The quantitative estimate of drug-likeness (QED) is 0.384. The van der Waals surface area contributed by atoms with Gasteiger partial charge in [0, 0.05) is 32.1 Å². The molecule has 1 unspecified atom stereocenters. The fourth-order valence-electron chi connectivity index (χ4n) is 3.71. The number of nitriles is 1. The number of carbonyl (C=O) groups is 1. The first-order valence-electron chi connectivity index (χ1n) is 11.9. The van der Waals surface area contributed by atoms with E-state index in [4.69, 9.17) is 20.4 Å². The number of aromatic amines is 1. The van der Waals surface area contributed by atoms with E-state index in [1.165, 1.54) is 22.6 Å². The molecule has 3 atom stereocenters. The summed E-state index contributed by atoms with van der Waals surface area (Å²) in [7, 11) is -1.59. The maximum absolute atomic E-state index is 12.5. The Morgan fingerprint density at radius 2 is 2.09 bits per heavy atom. The molecule has 190 valence electrons. The van der Waals surface area contributed by atoms with Crippen LogP contribution in [0.4, 0.5) is 0 Å². The summed E-state index contributed by atoms with van der Waals surface area (Å²) >= 11 is 0. The van der Waals surface area contributed by atoms with Crippen molar-refractivity contribution in [2.75, 3.05) is 26.3 Å². The van der Waals surface area contributed by atoms with E-state index in [1.807, 2.05) is 27.7 Å². The largest absolute Gasteiger partial charge is 0.346 e. The lowest BCUT2D eigenvalue weighted by Crippen LogP contribution is -2.57. The number of aromatic nitrogens is 2. The highest BCUT2D eigenvalue weighted by Crippen LogP contribution is 2.47. The summed E-state index contributed by atoms with van der Waals surface area (Å²) < 4.78 is 30.0. The molecular weight excluding hydrogens is 461 g/mol. The predicted octanol–water partition coefficient (Wildman–Crippen LogP) is 2.27. The number of amides is 1. The van der Waals surface area contributed by atoms with Crippen molar-refractivity contribution >= 4 is 14.4 Å². The van der Waals surface area contributed by atoms with Gasteiger partial charge >= 0.3 is 5.69 Å². The molecule has 0 bridgehead atoms. The van der Waals surface area contributed by atoms with Crippen LogP contribution in [0.5, 0.6) is 0 Å². The van der Waals surface area contributed by atoms with Crippen LogP contribution in [-0.4, -0.2) is 69.0 Å². The lowest BCUT2D eigenvalue weighted by molar-refractivity contribution is -0.193. The van der Waals surface area contributed by atoms with Gasteiger partial charge in [-0.2, -0.15) is 5.26 Å². The highest BCUT2D eigenvalue weighted by Gasteiger charge is 2.41. The third-order valence-electron chi connectivity index (χ3n) is 5.24.